The first-order valence-corrected chi connectivity index (χ1v) is 5.38. The highest BCUT2D eigenvalue weighted by Gasteiger charge is 2.08. The average Bonchev–Trinajstić information content (AvgIpc) is 2.38. The van der Waals surface area contributed by atoms with Gasteiger partial charge in [-0.1, -0.05) is 43.0 Å². The lowest BCUT2D eigenvalue weighted by molar-refractivity contribution is 0.569. The number of rotatable bonds is 1. The highest BCUT2D eigenvalue weighted by Crippen LogP contribution is 2.26. The molecule has 0 amide bonds. The fraction of sp³-hybridized carbons (Fsp3) is 0. The van der Waals surface area contributed by atoms with E-state index >= 15 is 0 Å². The molecule has 17 heavy (non-hydrogen) atoms. The minimum Gasteiger partial charge on any atom is -0.422 e. The standard InChI is InChI=1S/C15H10O2/c1-2-10-6-5-9-13-14(10)11-7-3-4-8-12(11)15(16)17-13/h2-9H,1H2. The monoisotopic (exact) mass is 222 g/mol. The molecule has 2 aromatic carbocycles. The second-order valence-electron chi connectivity index (χ2n) is 3.86. The normalized spacial score (nSPS) is 10.8. The molecule has 2 heteroatoms. The fourth-order valence-electron chi connectivity index (χ4n) is 2.13. The highest BCUT2D eigenvalue weighted by molar-refractivity contribution is 6.08. The number of hydrogen-bond acceptors (Lipinski definition) is 2. The number of benzene rings is 2. The van der Waals surface area contributed by atoms with Gasteiger partial charge in [0, 0.05) is 10.8 Å². The first-order valence-electron chi connectivity index (χ1n) is 5.38. The van der Waals surface area contributed by atoms with Gasteiger partial charge in [0.15, 0.2) is 0 Å². The van der Waals surface area contributed by atoms with Crippen LogP contribution in [0.4, 0.5) is 0 Å². The summed E-state index contributed by atoms with van der Waals surface area (Å²) in [4.78, 5) is 11.8. The van der Waals surface area contributed by atoms with Crippen molar-refractivity contribution in [1.82, 2.24) is 0 Å². The maximum Gasteiger partial charge on any atom is 0.344 e. The summed E-state index contributed by atoms with van der Waals surface area (Å²) in [5, 5.41) is 2.46. The van der Waals surface area contributed by atoms with Crippen LogP contribution in [0.2, 0.25) is 0 Å². The molecule has 82 valence electrons. The average molecular weight is 222 g/mol. The van der Waals surface area contributed by atoms with Crippen LogP contribution in [-0.4, -0.2) is 0 Å². The maximum absolute atomic E-state index is 11.8. The van der Waals surface area contributed by atoms with Crippen LogP contribution in [0, 0.1) is 0 Å². The van der Waals surface area contributed by atoms with Crippen molar-refractivity contribution in [2.75, 3.05) is 0 Å². The summed E-state index contributed by atoms with van der Waals surface area (Å²) in [5.74, 6) is 0. The molecule has 1 aromatic heterocycles. The van der Waals surface area contributed by atoms with E-state index in [4.69, 9.17) is 4.42 Å². The first kappa shape index (κ1) is 9.85. The van der Waals surface area contributed by atoms with Gasteiger partial charge in [-0.25, -0.2) is 4.79 Å². The van der Waals surface area contributed by atoms with E-state index < -0.39 is 0 Å². The van der Waals surface area contributed by atoms with Gasteiger partial charge in [0.05, 0.1) is 5.39 Å². The molecule has 0 aliphatic heterocycles. The molecule has 2 nitrogen and oxygen atoms in total. The summed E-state index contributed by atoms with van der Waals surface area (Å²) in [6.45, 7) is 3.79. The van der Waals surface area contributed by atoms with Gasteiger partial charge in [0.2, 0.25) is 0 Å². The molecule has 0 aliphatic carbocycles. The lowest BCUT2D eigenvalue weighted by atomic mass is 10.0. The van der Waals surface area contributed by atoms with Crippen LogP contribution in [-0.2, 0) is 0 Å². The van der Waals surface area contributed by atoms with Crippen molar-refractivity contribution in [2.45, 2.75) is 0 Å². The van der Waals surface area contributed by atoms with Crippen molar-refractivity contribution >= 4 is 27.8 Å². The van der Waals surface area contributed by atoms with E-state index in [9.17, 15) is 4.79 Å². The van der Waals surface area contributed by atoms with E-state index in [0.29, 0.717) is 11.0 Å². The van der Waals surface area contributed by atoms with Gasteiger partial charge < -0.3 is 4.42 Å². The van der Waals surface area contributed by atoms with E-state index in [1.165, 1.54) is 0 Å². The molecule has 0 fully saturated rings. The number of hydrogen-bond donors (Lipinski definition) is 0. The minimum absolute atomic E-state index is 0.297. The highest BCUT2D eigenvalue weighted by atomic mass is 16.4. The quantitative estimate of drug-likeness (QED) is 0.465. The molecule has 0 spiro atoms. The predicted octanol–water partition coefficient (Wildman–Crippen LogP) is 3.59. The fourth-order valence-corrected chi connectivity index (χ4v) is 2.13. The van der Waals surface area contributed by atoms with E-state index in [1.54, 1.807) is 18.2 Å². The molecular formula is C15H10O2. The number of fused-ring (bicyclic) bond motifs is 3. The Kier molecular flexibility index (Phi) is 2.08. The van der Waals surface area contributed by atoms with Crippen molar-refractivity contribution < 1.29 is 4.42 Å². The molecule has 0 unspecified atom stereocenters. The van der Waals surface area contributed by atoms with Crippen LogP contribution >= 0.6 is 0 Å². The van der Waals surface area contributed by atoms with Crippen LogP contribution in [0.25, 0.3) is 27.8 Å². The molecule has 3 rings (SSSR count). The lowest BCUT2D eigenvalue weighted by Gasteiger charge is -2.04. The molecule has 0 bridgehead atoms. The van der Waals surface area contributed by atoms with E-state index in [1.807, 2.05) is 30.3 Å². The molecule has 0 saturated carbocycles. The second-order valence-corrected chi connectivity index (χ2v) is 3.86. The Bertz CT molecular complexity index is 782. The third-order valence-electron chi connectivity index (χ3n) is 2.90. The summed E-state index contributed by atoms with van der Waals surface area (Å²) < 4.78 is 5.31. The Balaban J connectivity index is 2.70. The lowest BCUT2D eigenvalue weighted by Crippen LogP contribution is -1.99. The summed E-state index contributed by atoms with van der Waals surface area (Å²) in [7, 11) is 0. The van der Waals surface area contributed by atoms with Gasteiger partial charge in [0.25, 0.3) is 0 Å². The van der Waals surface area contributed by atoms with Crippen LogP contribution in [0.3, 0.4) is 0 Å². The molecular weight excluding hydrogens is 212 g/mol. The maximum atomic E-state index is 11.8. The molecule has 0 aliphatic rings. The SMILES string of the molecule is C=Cc1cccc2oc(=O)c3ccccc3c12. The van der Waals surface area contributed by atoms with E-state index in [0.717, 1.165) is 16.3 Å². The predicted molar refractivity (Wildman–Crippen MR) is 70.1 cm³/mol. The van der Waals surface area contributed by atoms with Gasteiger partial charge in [-0.2, -0.15) is 0 Å². The van der Waals surface area contributed by atoms with Crippen molar-refractivity contribution in [3.63, 3.8) is 0 Å². The molecule has 1 heterocycles. The Morgan fingerprint density at radius 2 is 1.76 bits per heavy atom. The zero-order valence-corrected chi connectivity index (χ0v) is 9.14. The summed E-state index contributed by atoms with van der Waals surface area (Å²) >= 11 is 0. The van der Waals surface area contributed by atoms with Crippen LogP contribution in [0.15, 0.2) is 58.3 Å². The van der Waals surface area contributed by atoms with Crippen molar-refractivity contribution in [2.24, 2.45) is 0 Å². The molecule has 0 radical (unpaired) electrons. The van der Waals surface area contributed by atoms with E-state index in [-0.39, 0.29) is 5.63 Å². The minimum atomic E-state index is -0.297. The van der Waals surface area contributed by atoms with Crippen molar-refractivity contribution in [3.8, 4) is 0 Å². The zero-order chi connectivity index (χ0) is 11.8. The molecule has 3 aromatic rings. The van der Waals surface area contributed by atoms with Gasteiger partial charge >= 0.3 is 5.63 Å². The van der Waals surface area contributed by atoms with Gasteiger partial charge in [-0.15, -0.1) is 0 Å². The van der Waals surface area contributed by atoms with Gasteiger partial charge in [-0.3, -0.25) is 0 Å². The first-order chi connectivity index (χ1) is 8.31. The smallest absolute Gasteiger partial charge is 0.344 e. The summed E-state index contributed by atoms with van der Waals surface area (Å²) in [5.41, 5.74) is 1.28. The molecule has 0 atom stereocenters. The van der Waals surface area contributed by atoms with E-state index in [2.05, 4.69) is 6.58 Å². The van der Waals surface area contributed by atoms with Crippen LogP contribution < -0.4 is 5.63 Å². The zero-order valence-electron chi connectivity index (χ0n) is 9.14. The van der Waals surface area contributed by atoms with Crippen molar-refractivity contribution in [3.05, 3.63) is 65.0 Å². The third kappa shape index (κ3) is 1.38. The van der Waals surface area contributed by atoms with Crippen LogP contribution in [0.1, 0.15) is 5.56 Å². The second kappa shape index (κ2) is 3.59. The van der Waals surface area contributed by atoms with Gasteiger partial charge in [0.1, 0.15) is 5.58 Å². The Morgan fingerprint density at radius 1 is 1.00 bits per heavy atom. The Hall–Kier alpha value is -2.35. The largest absolute Gasteiger partial charge is 0.422 e. The topological polar surface area (TPSA) is 30.2 Å². The molecule has 0 saturated heterocycles. The van der Waals surface area contributed by atoms with Gasteiger partial charge in [-0.05, 0) is 17.7 Å². The summed E-state index contributed by atoms with van der Waals surface area (Å²) in [6, 6.07) is 13.1. The Morgan fingerprint density at radius 3 is 2.53 bits per heavy atom. The Labute approximate surface area is 97.8 Å². The van der Waals surface area contributed by atoms with Crippen molar-refractivity contribution in [1.29, 1.82) is 0 Å². The molecule has 0 N–H and O–H groups in total. The van der Waals surface area contributed by atoms with Crippen LogP contribution in [0.5, 0.6) is 0 Å². The summed E-state index contributed by atoms with van der Waals surface area (Å²) in [6.07, 6.45) is 1.77. The third-order valence-corrected chi connectivity index (χ3v) is 2.90.